The molecule has 2 aromatic carbocycles. The third-order valence-electron chi connectivity index (χ3n) is 6.19. The van der Waals surface area contributed by atoms with Crippen molar-refractivity contribution >= 4 is 22.1 Å². The third-order valence-corrected chi connectivity index (χ3v) is 6.19. The second kappa shape index (κ2) is 8.61. The lowest BCUT2D eigenvalue weighted by atomic mass is 10.0. The van der Waals surface area contributed by atoms with Crippen molar-refractivity contribution in [2.24, 2.45) is 0 Å². The van der Waals surface area contributed by atoms with Crippen LogP contribution < -0.4 is 15.8 Å². The Hall–Kier alpha value is -3.07. The molecule has 6 nitrogen and oxygen atoms in total. The zero-order valence-electron chi connectivity index (χ0n) is 19.7. The van der Waals surface area contributed by atoms with Gasteiger partial charge in [0.15, 0.2) is 5.72 Å². The highest BCUT2D eigenvalue weighted by atomic mass is 19.4. The van der Waals surface area contributed by atoms with Crippen LogP contribution in [0.5, 0.6) is 0 Å². The summed E-state index contributed by atoms with van der Waals surface area (Å²) < 4.78 is 40.8. The number of nitrogens with one attached hydrogen (secondary N) is 1. The Morgan fingerprint density at radius 3 is 2.53 bits per heavy atom. The summed E-state index contributed by atoms with van der Waals surface area (Å²) in [5, 5.41) is 18.8. The van der Waals surface area contributed by atoms with Gasteiger partial charge in [0, 0.05) is 29.9 Å². The van der Waals surface area contributed by atoms with Crippen molar-refractivity contribution in [1.82, 2.24) is 9.78 Å². The Bertz CT molecular complexity index is 1280. The normalized spacial score (nSPS) is 15.6. The quantitative estimate of drug-likeness (QED) is 0.505. The van der Waals surface area contributed by atoms with E-state index in [1.807, 2.05) is 18.2 Å². The molecule has 4 rings (SSSR count). The summed E-state index contributed by atoms with van der Waals surface area (Å²) in [6.45, 7) is 8.95. The molecule has 1 aliphatic rings. The van der Waals surface area contributed by atoms with Crippen molar-refractivity contribution in [3.63, 3.8) is 0 Å². The molecule has 0 saturated heterocycles. The number of alkyl halides is 3. The first-order valence-corrected chi connectivity index (χ1v) is 11.4. The largest absolute Gasteiger partial charge is 0.416 e. The van der Waals surface area contributed by atoms with Crippen molar-refractivity contribution in [2.45, 2.75) is 58.5 Å². The number of hydrogen-bond acceptors (Lipinski definition) is 5. The van der Waals surface area contributed by atoms with Gasteiger partial charge in [-0.2, -0.15) is 18.3 Å². The molecule has 0 bridgehead atoms. The number of aliphatic hydroxyl groups is 1. The molecule has 1 unspecified atom stereocenters. The van der Waals surface area contributed by atoms with E-state index in [0.717, 1.165) is 42.0 Å². The van der Waals surface area contributed by atoms with Crippen LogP contribution in [-0.2, 0) is 19.1 Å². The lowest BCUT2D eigenvalue weighted by Crippen LogP contribution is -2.43. The first-order chi connectivity index (χ1) is 15.9. The monoisotopic (exact) mass is 474 g/mol. The Morgan fingerprint density at radius 1 is 1.15 bits per heavy atom. The van der Waals surface area contributed by atoms with Crippen LogP contribution in [0.4, 0.5) is 24.5 Å². The molecule has 34 heavy (non-hydrogen) atoms. The summed E-state index contributed by atoms with van der Waals surface area (Å²) in [7, 11) is 0. The summed E-state index contributed by atoms with van der Waals surface area (Å²) in [4.78, 5) is 15.4. The summed E-state index contributed by atoms with van der Waals surface area (Å²) in [6, 6.07) is 8.96. The van der Waals surface area contributed by atoms with Gasteiger partial charge in [-0.1, -0.05) is 13.8 Å². The fraction of sp³-hybridized carbons (Fsp3) is 0.440. The third kappa shape index (κ3) is 4.61. The molecule has 0 amide bonds. The van der Waals surface area contributed by atoms with Gasteiger partial charge in [0.05, 0.1) is 23.2 Å². The minimum Gasteiger partial charge on any atom is -0.371 e. The van der Waals surface area contributed by atoms with Crippen LogP contribution in [0.1, 0.15) is 50.4 Å². The smallest absolute Gasteiger partial charge is 0.371 e. The van der Waals surface area contributed by atoms with Crippen molar-refractivity contribution in [3.8, 4) is 0 Å². The second-order valence-electron chi connectivity index (χ2n) is 9.33. The summed E-state index contributed by atoms with van der Waals surface area (Å²) >= 11 is 0. The molecular weight excluding hydrogens is 445 g/mol. The van der Waals surface area contributed by atoms with Gasteiger partial charge in [-0.3, -0.25) is 4.79 Å². The second-order valence-corrected chi connectivity index (χ2v) is 9.33. The van der Waals surface area contributed by atoms with Crippen LogP contribution in [0.15, 0.2) is 41.2 Å². The first-order valence-electron chi connectivity index (χ1n) is 11.4. The molecular formula is C25H29F3N4O2. The van der Waals surface area contributed by atoms with Crippen LogP contribution >= 0.6 is 0 Å². The zero-order valence-corrected chi connectivity index (χ0v) is 19.7. The lowest BCUT2D eigenvalue weighted by Gasteiger charge is -2.27. The fourth-order valence-corrected chi connectivity index (χ4v) is 4.54. The number of anilines is 2. The van der Waals surface area contributed by atoms with Crippen LogP contribution in [0.25, 0.3) is 10.8 Å². The van der Waals surface area contributed by atoms with E-state index in [9.17, 15) is 23.1 Å². The molecule has 1 aromatic heterocycles. The maximum absolute atomic E-state index is 13.2. The molecule has 0 saturated carbocycles. The van der Waals surface area contributed by atoms with E-state index in [1.165, 1.54) is 17.3 Å². The standard InChI is InChI=1S/C25H29F3N4O2/c1-5-31-11-10-16-12-18(7-9-21(16)31)29-24(4,34)14-32-23(33)19-8-6-17(25(26,27)28)13-20(19)22(30-32)15(2)3/h6-9,12-13,15,29,34H,5,10-11,14H2,1-4H3. The van der Waals surface area contributed by atoms with E-state index >= 15 is 0 Å². The summed E-state index contributed by atoms with van der Waals surface area (Å²) in [5.41, 5.74) is 0.548. The molecule has 0 spiro atoms. The van der Waals surface area contributed by atoms with Gasteiger partial charge in [-0.25, -0.2) is 4.68 Å². The molecule has 2 heterocycles. The highest BCUT2D eigenvalue weighted by Gasteiger charge is 2.32. The van der Waals surface area contributed by atoms with E-state index in [-0.39, 0.29) is 23.2 Å². The molecule has 9 heteroatoms. The van der Waals surface area contributed by atoms with Crippen LogP contribution in [0.3, 0.4) is 0 Å². The van der Waals surface area contributed by atoms with E-state index < -0.39 is 23.0 Å². The van der Waals surface area contributed by atoms with Crippen LogP contribution in [-0.4, -0.2) is 33.7 Å². The van der Waals surface area contributed by atoms with Gasteiger partial charge >= 0.3 is 6.18 Å². The number of hydrogen-bond donors (Lipinski definition) is 2. The topological polar surface area (TPSA) is 70.4 Å². The number of halogens is 3. The van der Waals surface area contributed by atoms with Crippen molar-refractivity contribution in [2.75, 3.05) is 23.3 Å². The van der Waals surface area contributed by atoms with Crippen LogP contribution in [0.2, 0.25) is 0 Å². The lowest BCUT2D eigenvalue weighted by molar-refractivity contribution is -0.137. The molecule has 0 aliphatic carbocycles. The highest BCUT2D eigenvalue weighted by Crippen LogP contribution is 2.33. The minimum absolute atomic E-state index is 0.139. The predicted molar refractivity (Wildman–Crippen MR) is 127 cm³/mol. The molecule has 2 N–H and O–H groups in total. The molecule has 1 aliphatic heterocycles. The van der Waals surface area contributed by atoms with Gasteiger partial charge in [0.25, 0.3) is 5.56 Å². The molecule has 1 atom stereocenters. The molecule has 3 aromatic rings. The number of benzene rings is 2. The first kappa shape index (κ1) is 24.1. The van der Waals surface area contributed by atoms with Crippen molar-refractivity contribution in [3.05, 3.63) is 63.6 Å². The number of nitrogens with zero attached hydrogens (tertiary/aromatic N) is 3. The van der Waals surface area contributed by atoms with Gasteiger partial charge in [-0.15, -0.1) is 0 Å². The Kier molecular flexibility index (Phi) is 6.10. The number of fused-ring (bicyclic) bond motifs is 2. The minimum atomic E-state index is -4.52. The van der Waals surface area contributed by atoms with E-state index in [0.29, 0.717) is 5.69 Å². The van der Waals surface area contributed by atoms with E-state index in [2.05, 4.69) is 22.2 Å². The Balaban J connectivity index is 1.67. The average molecular weight is 475 g/mol. The van der Waals surface area contributed by atoms with E-state index in [4.69, 9.17) is 0 Å². The Labute approximate surface area is 196 Å². The maximum Gasteiger partial charge on any atom is 0.416 e. The maximum atomic E-state index is 13.2. The highest BCUT2D eigenvalue weighted by molar-refractivity contribution is 5.85. The number of aromatic nitrogens is 2. The SMILES string of the molecule is CCN1CCc2cc(NC(C)(O)Cn3nc(C(C)C)c4cc(C(F)(F)F)ccc4c3=O)ccc21. The van der Waals surface area contributed by atoms with Crippen molar-refractivity contribution < 1.29 is 18.3 Å². The Morgan fingerprint density at radius 2 is 1.88 bits per heavy atom. The molecule has 0 fully saturated rings. The zero-order chi connectivity index (χ0) is 24.8. The van der Waals surface area contributed by atoms with Crippen LogP contribution in [0, 0.1) is 0 Å². The molecule has 182 valence electrons. The van der Waals surface area contributed by atoms with Gasteiger partial charge in [0.2, 0.25) is 0 Å². The summed E-state index contributed by atoms with van der Waals surface area (Å²) in [6.07, 6.45) is -3.60. The number of likely N-dealkylation sites (N-methyl/N-ethyl adjacent to an activating group) is 1. The van der Waals surface area contributed by atoms with Crippen molar-refractivity contribution in [1.29, 1.82) is 0 Å². The van der Waals surface area contributed by atoms with Gasteiger partial charge in [0.1, 0.15) is 0 Å². The average Bonchev–Trinajstić information content (AvgIpc) is 3.16. The van der Waals surface area contributed by atoms with Gasteiger partial charge < -0.3 is 15.3 Å². The number of rotatable bonds is 6. The predicted octanol–water partition coefficient (Wildman–Crippen LogP) is 4.74. The van der Waals surface area contributed by atoms with Gasteiger partial charge in [-0.05, 0) is 68.1 Å². The summed E-state index contributed by atoms with van der Waals surface area (Å²) in [5.74, 6) is -0.228. The van der Waals surface area contributed by atoms with E-state index in [1.54, 1.807) is 20.8 Å². The fourth-order valence-electron chi connectivity index (χ4n) is 4.54. The molecule has 0 radical (unpaired) electrons.